The Kier molecular flexibility index (Phi) is 7.06. The fourth-order valence-electron chi connectivity index (χ4n) is 2.65. The summed E-state index contributed by atoms with van der Waals surface area (Å²) >= 11 is 0. The molecular weight excluding hydrogens is 330 g/mol. The average molecular weight is 357 g/mol. The number of hydrogen-bond donors (Lipinski definition) is 2. The van der Waals surface area contributed by atoms with Crippen LogP contribution in [0, 0.1) is 0 Å². The second kappa shape index (κ2) is 8.39. The van der Waals surface area contributed by atoms with Crippen LogP contribution >= 0.6 is 0 Å². The standard InChI is InChI=1S/C16H27N3O6/c1-15(2,3)25-13(22)10-19-8-7-18-16(14(19)23,11(20)9-17)6-5-12(21)24-4/h18H,5-10,17H2,1-4H3. The second-order valence-electron chi connectivity index (χ2n) is 6.85. The maximum atomic E-state index is 12.9. The molecule has 1 saturated heterocycles. The fourth-order valence-corrected chi connectivity index (χ4v) is 2.65. The summed E-state index contributed by atoms with van der Waals surface area (Å²) in [6, 6.07) is 0. The summed E-state index contributed by atoms with van der Waals surface area (Å²) in [5.41, 5.74) is 3.15. The van der Waals surface area contributed by atoms with E-state index in [9.17, 15) is 19.2 Å². The van der Waals surface area contributed by atoms with Crippen molar-refractivity contribution in [2.45, 2.75) is 44.8 Å². The number of carbonyl (C=O) groups excluding carboxylic acids is 4. The molecule has 142 valence electrons. The van der Waals surface area contributed by atoms with Gasteiger partial charge in [-0.2, -0.15) is 0 Å². The van der Waals surface area contributed by atoms with Crippen LogP contribution in [0.2, 0.25) is 0 Å². The highest BCUT2D eigenvalue weighted by atomic mass is 16.6. The van der Waals surface area contributed by atoms with Gasteiger partial charge in [0.1, 0.15) is 12.1 Å². The predicted molar refractivity (Wildman–Crippen MR) is 88.5 cm³/mol. The van der Waals surface area contributed by atoms with E-state index in [4.69, 9.17) is 10.5 Å². The molecule has 0 aromatic heterocycles. The summed E-state index contributed by atoms with van der Waals surface area (Å²) in [6.07, 6.45) is -0.208. The van der Waals surface area contributed by atoms with Crippen molar-refractivity contribution in [3.05, 3.63) is 0 Å². The Morgan fingerprint density at radius 3 is 2.44 bits per heavy atom. The van der Waals surface area contributed by atoms with Crippen LogP contribution in [0.25, 0.3) is 0 Å². The SMILES string of the molecule is COC(=O)CCC1(C(=O)CN)NCCN(CC(=O)OC(C)(C)C)C1=O. The first-order valence-electron chi connectivity index (χ1n) is 8.12. The summed E-state index contributed by atoms with van der Waals surface area (Å²) in [5, 5.41) is 2.88. The fraction of sp³-hybridized carbons (Fsp3) is 0.750. The lowest BCUT2D eigenvalue weighted by Gasteiger charge is -2.41. The Morgan fingerprint density at radius 1 is 1.28 bits per heavy atom. The number of nitrogens with one attached hydrogen (secondary N) is 1. The van der Waals surface area contributed by atoms with Crippen LogP contribution in [0.1, 0.15) is 33.6 Å². The molecule has 1 atom stereocenters. The molecule has 0 aliphatic carbocycles. The monoisotopic (exact) mass is 357 g/mol. The van der Waals surface area contributed by atoms with Gasteiger partial charge in [-0.25, -0.2) is 0 Å². The minimum absolute atomic E-state index is 0.0840. The average Bonchev–Trinajstić information content (AvgIpc) is 2.53. The van der Waals surface area contributed by atoms with Crippen molar-refractivity contribution in [2.75, 3.05) is 33.3 Å². The molecule has 0 aromatic rings. The topological polar surface area (TPSA) is 128 Å². The minimum Gasteiger partial charge on any atom is -0.469 e. The van der Waals surface area contributed by atoms with Gasteiger partial charge in [-0.3, -0.25) is 24.5 Å². The molecule has 1 aliphatic rings. The van der Waals surface area contributed by atoms with E-state index >= 15 is 0 Å². The maximum absolute atomic E-state index is 12.9. The van der Waals surface area contributed by atoms with Crippen molar-refractivity contribution in [3.63, 3.8) is 0 Å². The van der Waals surface area contributed by atoms with E-state index in [2.05, 4.69) is 10.1 Å². The lowest BCUT2D eigenvalue weighted by atomic mass is 9.85. The minimum atomic E-state index is -1.62. The Labute approximate surface area is 147 Å². The van der Waals surface area contributed by atoms with Gasteiger partial charge in [-0.1, -0.05) is 0 Å². The number of ether oxygens (including phenoxy) is 2. The molecule has 1 aliphatic heterocycles. The number of piperazine rings is 1. The van der Waals surface area contributed by atoms with Gasteiger partial charge < -0.3 is 20.1 Å². The van der Waals surface area contributed by atoms with Crippen molar-refractivity contribution in [1.29, 1.82) is 0 Å². The van der Waals surface area contributed by atoms with Gasteiger partial charge in [-0.05, 0) is 27.2 Å². The highest BCUT2D eigenvalue weighted by molar-refractivity contribution is 6.12. The number of ketones is 1. The van der Waals surface area contributed by atoms with Crippen molar-refractivity contribution in [3.8, 4) is 0 Å². The van der Waals surface area contributed by atoms with Gasteiger partial charge >= 0.3 is 11.9 Å². The number of carbonyl (C=O) groups is 4. The third-order valence-electron chi connectivity index (χ3n) is 3.79. The van der Waals surface area contributed by atoms with Crippen molar-refractivity contribution in [2.24, 2.45) is 5.73 Å². The van der Waals surface area contributed by atoms with Gasteiger partial charge in [-0.15, -0.1) is 0 Å². The van der Waals surface area contributed by atoms with Crippen LogP contribution in [-0.4, -0.2) is 73.0 Å². The number of Topliss-reactive ketones (excluding diaryl/α,β-unsaturated/α-hetero) is 1. The van der Waals surface area contributed by atoms with Crippen molar-refractivity contribution in [1.82, 2.24) is 10.2 Å². The zero-order valence-electron chi connectivity index (χ0n) is 15.2. The molecule has 9 nitrogen and oxygen atoms in total. The van der Waals surface area contributed by atoms with Gasteiger partial charge in [0.25, 0.3) is 5.91 Å². The lowest BCUT2D eigenvalue weighted by molar-refractivity contribution is -0.163. The van der Waals surface area contributed by atoms with Crippen molar-refractivity contribution >= 4 is 23.6 Å². The molecule has 1 unspecified atom stereocenters. The van der Waals surface area contributed by atoms with E-state index < -0.39 is 34.8 Å². The lowest BCUT2D eigenvalue weighted by Crippen LogP contribution is -2.69. The maximum Gasteiger partial charge on any atom is 0.326 e. The van der Waals surface area contributed by atoms with Gasteiger partial charge in [0.15, 0.2) is 11.3 Å². The highest BCUT2D eigenvalue weighted by Crippen LogP contribution is 2.22. The first-order valence-corrected chi connectivity index (χ1v) is 8.12. The molecule has 0 saturated carbocycles. The molecule has 0 bridgehead atoms. The third-order valence-corrected chi connectivity index (χ3v) is 3.79. The van der Waals surface area contributed by atoms with E-state index in [0.717, 1.165) is 0 Å². The number of esters is 2. The Hall–Kier alpha value is -2.00. The Bertz CT molecular complexity index is 542. The molecule has 0 radical (unpaired) electrons. The summed E-state index contributed by atoms with van der Waals surface area (Å²) < 4.78 is 9.80. The van der Waals surface area contributed by atoms with E-state index in [-0.39, 0.29) is 32.5 Å². The number of amides is 1. The van der Waals surface area contributed by atoms with Crippen molar-refractivity contribution < 1.29 is 28.7 Å². The van der Waals surface area contributed by atoms with Crippen LogP contribution in [0.4, 0.5) is 0 Å². The van der Waals surface area contributed by atoms with Gasteiger partial charge in [0.05, 0.1) is 13.7 Å². The second-order valence-corrected chi connectivity index (χ2v) is 6.85. The molecule has 9 heteroatoms. The normalized spacial score (nSPS) is 21.0. The zero-order valence-corrected chi connectivity index (χ0v) is 15.2. The molecule has 0 spiro atoms. The van der Waals surface area contributed by atoms with E-state index in [1.54, 1.807) is 20.8 Å². The largest absolute Gasteiger partial charge is 0.469 e. The van der Waals surface area contributed by atoms with Crippen LogP contribution in [-0.2, 0) is 28.7 Å². The third kappa shape index (κ3) is 5.50. The molecule has 1 amide bonds. The number of hydrogen-bond acceptors (Lipinski definition) is 8. The predicted octanol–water partition coefficient (Wildman–Crippen LogP) is -1.02. The Morgan fingerprint density at radius 2 is 1.92 bits per heavy atom. The Balaban J connectivity index is 2.94. The number of nitrogens with zero attached hydrogens (tertiary/aromatic N) is 1. The molecule has 3 N–H and O–H groups in total. The first-order chi connectivity index (χ1) is 11.6. The van der Waals surface area contributed by atoms with E-state index in [0.29, 0.717) is 6.54 Å². The van der Waals surface area contributed by atoms with E-state index in [1.807, 2.05) is 0 Å². The number of nitrogens with two attached hydrogens (primary N) is 1. The molecule has 1 rings (SSSR count). The smallest absolute Gasteiger partial charge is 0.326 e. The van der Waals surface area contributed by atoms with Crippen LogP contribution in [0.15, 0.2) is 0 Å². The molecule has 1 fully saturated rings. The van der Waals surface area contributed by atoms with Crippen LogP contribution in [0.3, 0.4) is 0 Å². The van der Waals surface area contributed by atoms with Crippen LogP contribution < -0.4 is 11.1 Å². The first kappa shape index (κ1) is 21.0. The summed E-state index contributed by atoms with van der Waals surface area (Å²) in [5.74, 6) is -2.22. The molecular formula is C16H27N3O6. The van der Waals surface area contributed by atoms with Crippen LogP contribution in [0.5, 0.6) is 0 Å². The quantitative estimate of drug-likeness (QED) is 0.438. The molecule has 25 heavy (non-hydrogen) atoms. The zero-order chi connectivity index (χ0) is 19.3. The molecule has 1 heterocycles. The van der Waals surface area contributed by atoms with Gasteiger partial charge in [0.2, 0.25) is 0 Å². The van der Waals surface area contributed by atoms with E-state index in [1.165, 1.54) is 12.0 Å². The number of methoxy groups -OCH3 is 1. The summed E-state index contributed by atoms with van der Waals surface area (Å²) in [7, 11) is 1.23. The van der Waals surface area contributed by atoms with Gasteiger partial charge in [0, 0.05) is 19.5 Å². The molecule has 0 aromatic carbocycles. The highest BCUT2D eigenvalue weighted by Gasteiger charge is 2.49. The number of rotatable bonds is 7. The summed E-state index contributed by atoms with van der Waals surface area (Å²) in [6.45, 7) is 5.09. The summed E-state index contributed by atoms with van der Waals surface area (Å²) in [4.78, 5) is 49.9.